The van der Waals surface area contributed by atoms with Crippen molar-refractivity contribution in [2.45, 2.75) is 26.7 Å². The van der Waals surface area contributed by atoms with Gasteiger partial charge in [0.1, 0.15) is 0 Å². The van der Waals surface area contributed by atoms with Crippen LogP contribution in [0.5, 0.6) is 0 Å². The molecule has 0 saturated carbocycles. The van der Waals surface area contributed by atoms with Crippen LogP contribution in [0.15, 0.2) is 11.8 Å². The lowest BCUT2D eigenvalue weighted by molar-refractivity contribution is -0.142. The van der Waals surface area contributed by atoms with Gasteiger partial charge in [0.05, 0.1) is 26.4 Å². The Balaban J connectivity index is 4.40. The first-order valence-electron chi connectivity index (χ1n) is 5.25. The summed E-state index contributed by atoms with van der Waals surface area (Å²) >= 11 is 0. The van der Waals surface area contributed by atoms with Crippen molar-refractivity contribution >= 4 is 11.9 Å². The minimum Gasteiger partial charge on any atom is -0.486 e. The molecule has 0 aliphatic heterocycles. The van der Waals surface area contributed by atoms with Gasteiger partial charge in [-0.15, -0.1) is 0 Å². The molecular formula is C11H18O5. The van der Waals surface area contributed by atoms with Crippen LogP contribution in [0.3, 0.4) is 0 Å². The fraction of sp³-hybridized carbons (Fsp3) is 0.636. The van der Waals surface area contributed by atoms with Crippen LogP contribution in [-0.2, 0) is 23.8 Å². The predicted octanol–water partition coefficient (Wildman–Crippen LogP) is 1.42. The van der Waals surface area contributed by atoms with E-state index in [1.807, 2.05) is 6.92 Å². The molecule has 0 unspecified atom stereocenters. The minimum atomic E-state index is -0.677. The smallest absolute Gasteiger partial charge is 0.373 e. The van der Waals surface area contributed by atoms with E-state index in [0.717, 1.165) is 18.9 Å². The van der Waals surface area contributed by atoms with Crippen LogP contribution in [0.25, 0.3) is 0 Å². The summed E-state index contributed by atoms with van der Waals surface area (Å²) in [6, 6.07) is 0. The average molecular weight is 230 g/mol. The van der Waals surface area contributed by atoms with E-state index in [-0.39, 0.29) is 12.4 Å². The predicted molar refractivity (Wildman–Crippen MR) is 57.6 cm³/mol. The summed E-state index contributed by atoms with van der Waals surface area (Å²) in [5, 5.41) is 0. The van der Waals surface area contributed by atoms with Crippen molar-refractivity contribution in [1.29, 1.82) is 0 Å². The molecule has 16 heavy (non-hydrogen) atoms. The molecule has 0 spiro atoms. The Morgan fingerprint density at radius 1 is 1.19 bits per heavy atom. The van der Waals surface area contributed by atoms with Crippen molar-refractivity contribution in [2.24, 2.45) is 0 Å². The van der Waals surface area contributed by atoms with Crippen LogP contribution in [0.2, 0.25) is 0 Å². The van der Waals surface area contributed by atoms with Gasteiger partial charge in [0.25, 0.3) is 0 Å². The molecule has 5 nitrogen and oxygen atoms in total. The van der Waals surface area contributed by atoms with Gasteiger partial charge in [-0.05, 0) is 13.3 Å². The molecule has 0 aliphatic carbocycles. The molecule has 0 fully saturated rings. The summed E-state index contributed by atoms with van der Waals surface area (Å²) < 4.78 is 14.3. The maximum absolute atomic E-state index is 11.2. The maximum atomic E-state index is 11.2. The second-order valence-electron chi connectivity index (χ2n) is 2.95. The topological polar surface area (TPSA) is 61.8 Å². The van der Waals surface area contributed by atoms with Crippen LogP contribution in [0.1, 0.15) is 26.7 Å². The summed E-state index contributed by atoms with van der Waals surface area (Å²) in [6.07, 6.45) is 2.75. The third kappa shape index (κ3) is 6.06. The van der Waals surface area contributed by atoms with E-state index in [0.29, 0.717) is 6.61 Å². The van der Waals surface area contributed by atoms with E-state index in [1.165, 1.54) is 7.11 Å². The molecule has 0 heterocycles. The lowest BCUT2D eigenvalue weighted by Gasteiger charge is -2.07. The lowest BCUT2D eigenvalue weighted by Crippen LogP contribution is -2.12. The van der Waals surface area contributed by atoms with Crippen LogP contribution in [0, 0.1) is 0 Å². The third-order valence-corrected chi connectivity index (χ3v) is 1.68. The standard InChI is InChI=1S/C11H18O5/c1-4-6-7-16-9(11(13)14-3)8-10(12)15-5-2/h8H,4-7H2,1-3H3/b9-8-. The third-order valence-electron chi connectivity index (χ3n) is 1.68. The Bertz CT molecular complexity index is 257. The van der Waals surface area contributed by atoms with Crippen molar-refractivity contribution in [3.05, 3.63) is 11.8 Å². The van der Waals surface area contributed by atoms with E-state index in [2.05, 4.69) is 9.47 Å². The van der Waals surface area contributed by atoms with Crippen molar-refractivity contribution in [1.82, 2.24) is 0 Å². The van der Waals surface area contributed by atoms with E-state index in [9.17, 15) is 9.59 Å². The second-order valence-corrected chi connectivity index (χ2v) is 2.95. The van der Waals surface area contributed by atoms with Crippen LogP contribution in [-0.4, -0.2) is 32.3 Å². The van der Waals surface area contributed by atoms with Crippen LogP contribution in [0.4, 0.5) is 0 Å². The molecule has 0 aromatic rings. The van der Waals surface area contributed by atoms with E-state index in [4.69, 9.17) is 4.74 Å². The quantitative estimate of drug-likeness (QED) is 0.286. The average Bonchev–Trinajstić information content (AvgIpc) is 2.27. The van der Waals surface area contributed by atoms with Crippen molar-refractivity contribution in [3.63, 3.8) is 0 Å². The molecule has 0 aromatic carbocycles. The highest BCUT2D eigenvalue weighted by molar-refractivity contribution is 5.94. The van der Waals surface area contributed by atoms with Gasteiger partial charge in [-0.3, -0.25) is 0 Å². The second kappa shape index (κ2) is 8.76. The molecule has 5 heteroatoms. The summed E-state index contributed by atoms with van der Waals surface area (Å²) in [6.45, 7) is 4.30. The van der Waals surface area contributed by atoms with Gasteiger partial charge in [0.2, 0.25) is 5.76 Å². The van der Waals surface area contributed by atoms with Gasteiger partial charge in [-0.25, -0.2) is 9.59 Å². The van der Waals surface area contributed by atoms with Crippen molar-refractivity contribution < 1.29 is 23.8 Å². The van der Waals surface area contributed by atoms with E-state index in [1.54, 1.807) is 6.92 Å². The Morgan fingerprint density at radius 2 is 1.88 bits per heavy atom. The monoisotopic (exact) mass is 230 g/mol. The Kier molecular flexibility index (Phi) is 7.93. The molecule has 0 radical (unpaired) electrons. The van der Waals surface area contributed by atoms with Crippen LogP contribution < -0.4 is 0 Å². The number of hydrogen-bond donors (Lipinski definition) is 0. The molecule has 0 amide bonds. The number of ether oxygens (including phenoxy) is 3. The van der Waals surface area contributed by atoms with E-state index >= 15 is 0 Å². The van der Waals surface area contributed by atoms with Gasteiger partial charge in [-0.1, -0.05) is 13.3 Å². The zero-order valence-electron chi connectivity index (χ0n) is 9.95. The molecular weight excluding hydrogens is 212 g/mol. The molecule has 92 valence electrons. The first-order chi connectivity index (χ1) is 7.65. The minimum absolute atomic E-state index is 0.116. The molecule has 0 bridgehead atoms. The molecule has 0 rings (SSSR count). The molecule has 0 N–H and O–H groups in total. The number of carbonyl (C=O) groups excluding carboxylic acids is 2. The van der Waals surface area contributed by atoms with Gasteiger partial charge in [0.15, 0.2) is 0 Å². The SMILES string of the molecule is CCCCO/C(=C\C(=O)OCC)C(=O)OC. The maximum Gasteiger partial charge on any atom is 0.373 e. The zero-order valence-corrected chi connectivity index (χ0v) is 9.95. The van der Waals surface area contributed by atoms with Gasteiger partial charge < -0.3 is 14.2 Å². The molecule has 0 atom stereocenters. The highest BCUT2D eigenvalue weighted by Crippen LogP contribution is 2.03. The number of rotatable bonds is 7. The van der Waals surface area contributed by atoms with Crippen molar-refractivity contribution in [3.8, 4) is 0 Å². The highest BCUT2D eigenvalue weighted by Gasteiger charge is 2.13. The van der Waals surface area contributed by atoms with Gasteiger partial charge in [-0.2, -0.15) is 0 Å². The van der Waals surface area contributed by atoms with Gasteiger partial charge >= 0.3 is 11.9 Å². The largest absolute Gasteiger partial charge is 0.486 e. The lowest BCUT2D eigenvalue weighted by atomic mass is 10.3. The zero-order chi connectivity index (χ0) is 12.4. The highest BCUT2D eigenvalue weighted by atomic mass is 16.6. The van der Waals surface area contributed by atoms with Crippen molar-refractivity contribution in [2.75, 3.05) is 20.3 Å². The summed E-state index contributed by atoms with van der Waals surface area (Å²) in [5.74, 6) is -1.40. The molecule has 0 aliphatic rings. The Morgan fingerprint density at radius 3 is 2.38 bits per heavy atom. The first kappa shape index (κ1) is 14.5. The Labute approximate surface area is 95.4 Å². The fourth-order valence-electron chi connectivity index (χ4n) is 0.878. The molecule has 0 saturated heterocycles. The Hall–Kier alpha value is -1.52. The summed E-state index contributed by atoms with van der Waals surface area (Å²) in [5.41, 5.74) is 0. The molecule has 0 aromatic heterocycles. The van der Waals surface area contributed by atoms with Gasteiger partial charge in [0, 0.05) is 0 Å². The number of esters is 2. The summed E-state index contributed by atoms with van der Waals surface area (Å²) in [7, 11) is 1.23. The van der Waals surface area contributed by atoms with E-state index < -0.39 is 11.9 Å². The number of unbranched alkanes of at least 4 members (excludes halogenated alkanes) is 1. The summed E-state index contributed by atoms with van der Waals surface area (Å²) in [4.78, 5) is 22.3. The fourth-order valence-corrected chi connectivity index (χ4v) is 0.878. The number of methoxy groups -OCH3 is 1. The first-order valence-corrected chi connectivity index (χ1v) is 5.25. The number of hydrogen-bond acceptors (Lipinski definition) is 5. The van der Waals surface area contributed by atoms with Crippen LogP contribution >= 0.6 is 0 Å². The normalized spacial score (nSPS) is 10.8. The number of carbonyl (C=O) groups is 2.